The van der Waals surface area contributed by atoms with Gasteiger partial charge in [0, 0.05) is 42.5 Å². The first-order valence-electron chi connectivity index (χ1n) is 7.99. The van der Waals surface area contributed by atoms with Crippen molar-refractivity contribution in [3.63, 3.8) is 0 Å². The first-order valence-corrected chi connectivity index (χ1v) is 8.78. The number of halogens is 1. The highest BCUT2D eigenvalue weighted by Crippen LogP contribution is 2.23. The summed E-state index contributed by atoms with van der Waals surface area (Å²) in [6.45, 7) is 9.61. The smallest absolute Gasteiger partial charge is 0.229 e. The summed E-state index contributed by atoms with van der Waals surface area (Å²) in [7, 11) is 0. The molecular weight excluding hydrogens is 354 g/mol. The molecule has 1 aromatic carbocycles. The van der Waals surface area contributed by atoms with Crippen LogP contribution in [0, 0.1) is 6.92 Å². The molecule has 0 saturated carbocycles. The lowest BCUT2D eigenvalue weighted by Gasteiger charge is -2.34. The third kappa shape index (κ3) is 4.00. The van der Waals surface area contributed by atoms with Gasteiger partial charge in [0.05, 0.1) is 0 Å². The maximum Gasteiger partial charge on any atom is 0.229 e. The molecule has 1 N–H and O–H groups in total. The normalized spacial score (nSPS) is 15.7. The number of hydrogen-bond acceptors (Lipinski definition) is 5. The first kappa shape index (κ1) is 16.2. The van der Waals surface area contributed by atoms with Crippen molar-refractivity contribution in [2.75, 3.05) is 42.9 Å². The monoisotopic (exact) mass is 375 g/mol. The Balaban J connectivity index is 1.71. The number of aryl methyl sites for hydroxylation is 1. The number of likely N-dealkylation sites (N-methyl/N-ethyl adjacent to an activating group) is 1. The fraction of sp³-hybridized carbons (Fsp3) is 0.412. The number of piperazine rings is 1. The van der Waals surface area contributed by atoms with Crippen molar-refractivity contribution in [2.45, 2.75) is 13.8 Å². The molecular formula is C17H22BrN5. The summed E-state index contributed by atoms with van der Waals surface area (Å²) < 4.78 is 1.08. The van der Waals surface area contributed by atoms with E-state index in [1.54, 1.807) is 0 Å². The number of nitrogens with zero attached hydrogens (tertiary/aromatic N) is 4. The topological polar surface area (TPSA) is 44.3 Å². The molecule has 2 heterocycles. The lowest BCUT2D eigenvalue weighted by Crippen LogP contribution is -2.46. The van der Waals surface area contributed by atoms with E-state index in [4.69, 9.17) is 0 Å². The number of hydrogen-bond donors (Lipinski definition) is 1. The Hall–Kier alpha value is -1.66. The zero-order chi connectivity index (χ0) is 16.2. The standard InChI is InChI=1S/C17H22BrN5/c1-3-22-8-10-23(11-9-22)16-6-7-19-17(21-16)20-14-5-4-13(2)15(18)12-14/h4-7,12H,3,8-11H2,1-2H3,(H,19,20,21). The molecule has 6 heteroatoms. The Kier molecular flexibility index (Phi) is 5.13. The number of aromatic nitrogens is 2. The average Bonchev–Trinajstić information content (AvgIpc) is 2.58. The Morgan fingerprint density at radius 1 is 1.17 bits per heavy atom. The van der Waals surface area contributed by atoms with Gasteiger partial charge < -0.3 is 15.1 Å². The van der Waals surface area contributed by atoms with Gasteiger partial charge in [-0.15, -0.1) is 0 Å². The summed E-state index contributed by atoms with van der Waals surface area (Å²) in [4.78, 5) is 13.8. The highest BCUT2D eigenvalue weighted by Gasteiger charge is 2.17. The molecule has 3 rings (SSSR count). The molecule has 0 radical (unpaired) electrons. The third-order valence-electron chi connectivity index (χ3n) is 4.21. The number of benzene rings is 1. The molecule has 5 nitrogen and oxygen atoms in total. The van der Waals surface area contributed by atoms with Gasteiger partial charge in [0.2, 0.25) is 5.95 Å². The average molecular weight is 376 g/mol. The van der Waals surface area contributed by atoms with Gasteiger partial charge in [-0.2, -0.15) is 4.98 Å². The van der Waals surface area contributed by atoms with Gasteiger partial charge in [-0.3, -0.25) is 0 Å². The zero-order valence-electron chi connectivity index (χ0n) is 13.6. The van der Waals surface area contributed by atoms with E-state index in [1.807, 2.05) is 24.4 Å². The van der Waals surface area contributed by atoms with Crippen LogP contribution in [0.4, 0.5) is 17.5 Å². The minimum Gasteiger partial charge on any atom is -0.354 e. The van der Waals surface area contributed by atoms with E-state index < -0.39 is 0 Å². The Morgan fingerprint density at radius 3 is 2.65 bits per heavy atom. The molecule has 122 valence electrons. The number of anilines is 3. The predicted molar refractivity (Wildman–Crippen MR) is 98.5 cm³/mol. The summed E-state index contributed by atoms with van der Waals surface area (Å²) in [5, 5.41) is 3.28. The van der Waals surface area contributed by atoms with Crippen LogP contribution in [0.1, 0.15) is 12.5 Å². The van der Waals surface area contributed by atoms with E-state index in [-0.39, 0.29) is 0 Å². The molecule has 0 spiro atoms. The van der Waals surface area contributed by atoms with Crippen LogP contribution in [0.2, 0.25) is 0 Å². The fourth-order valence-electron chi connectivity index (χ4n) is 2.68. The Labute approximate surface area is 145 Å². The van der Waals surface area contributed by atoms with Gasteiger partial charge in [-0.1, -0.05) is 28.9 Å². The summed E-state index contributed by atoms with van der Waals surface area (Å²) >= 11 is 3.56. The van der Waals surface area contributed by atoms with E-state index >= 15 is 0 Å². The second-order valence-electron chi connectivity index (χ2n) is 5.75. The van der Waals surface area contributed by atoms with Gasteiger partial charge in [0.25, 0.3) is 0 Å². The quantitative estimate of drug-likeness (QED) is 0.886. The molecule has 1 aromatic heterocycles. The van der Waals surface area contributed by atoms with E-state index in [9.17, 15) is 0 Å². The summed E-state index contributed by atoms with van der Waals surface area (Å²) in [5.74, 6) is 1.63. The Morgan fingerprint density at radius 2 is 1.96 bits per heavy atom. The molecule has 1 aliphatic heterocycles. The molecule has 23 heavy (non-hydrogen) atoms. The lowest BCUT2D eigenvalue weighted by atomic mass is 10.2. The van der Waals surface area contributed by atoms with Crippen LogP contribution < -0.4 is 10.2 Å². The van der Waals surface area contributed by atoms with Crippen molar-refractivity contribution in [3.8, 4) is 0 Å². The predicted octanol–water partition coefficient (Wildman–Crippen LogP) is 3.43. The molecule has 0 bridgehead atoms. The number of nitrogens with one attached hydrogen (secondary N) is 1. The van der Waals surface area contributed by atoms with Crippen molar-refractivity contribution in [2.24, 2.45) is 0 Å². The summed E-state index contributed by atoms with van der Waals surface area (Å²) in [6, 6.07) is 8.14. The SMILES string of the molecule is CCN1CCN(c2ccnc(Nc3ccc(C)c(Br)c3)n2)CC1. The van der Waals surface area contributed by atoms with Crippen molar-refractivity contribution in [3.05, 3.63) is 40.5 Å². The highest BCUT2D eigenvalue weighted by molar-refractivity contribution is 9.10. The molecule has 1 saturated heterocycles. The second kappa shape index (κ2) is 7.27. The van der Waals surface area contributed by atoms with Crippen molar-refractivity contribution in [1.82, 2.24) is 14.9 Å². The Bertz CT molecular complexity index is 668. The van der Waals surface area contributed by atoms with Crippen molar-refractivity contribution >= 4 is 33.4 Å². The van der Waals surface area contributed by atoms with Crippen LogP contribution in [0.25, 0.3) is 0 Å². The minimum absolute atomic E-state index is 0.635. The molecule has 0 amide bonds. The van der Waals surface area contributed by atoms with Gasteiger partial charge >= 0.3 is 0 Å². The molecule has 1 aliphatic rings. The first-order chi connectivity index (χ1) is 11.2. The number of rotatable bonds is 4. The van der Waals surface area contributed by atoms with E-state index in [2.05, 4.69) is 60.9 Å². The largest absolute Gasteiger partial charge is 0.354 e. The highest BCUT2D eigenvalue weighted by atomic mass is 79.9. The van der Waals surface area contributed by atoms with Crippen LogP contribution in [0.3, 0.4) is 0 Å². The molecule has 2 aromatic rings. The zero-order valence-corrected chi connectivity index (χ0v) is 15.2. The third-order valence-corrected chi connectivity index (χ3v) is 5.07. The van der Waals surface area contributed by atoms with Crippen LogP contribution in [-0.2, 0) is 0 Å². The molecule has 0 unspecified atom stereocenters. The van der Waals surface area contributed by atoms with Crippen molar-refractivity contribution in [1.29, 1.82) is 0 Å². The van der Waals surface area contributed by atoms with Gasteiger partial charge in [0.15, 0.2) is 0 Å². The van der Waals surface area contributed by atoms with Crippen LogP contribution >= 0.6 is 15.9 Å². The summed E-state index contributed by atoms with van der Waals surface area (Å²) in [6.07, 6.45) is 1.82. The minimum atomic E-state index is 0.635. The van der Waals surface area contributed by atoms with E-state index in [0.29, 0.717) is 5.95 Å². The van der Waals surface area contributed by atoms with E-state index in [1.165, 1.54) is 5.56 Å². The molecule has 0 atom stereocenters. The maximum atomic E-state index is 4.66. The molecule has 1 fully saturated rings. The van der Waals surface area contributed by atoms with Gasteiger partial charge in [-0.05, 0) is 37.2 Å². The summed E-state index contributed by atoms with van der Waals surface area (Å²) in [5.41, 5.74) is 2.19. The maximum absolute atomic E-state index is 4.66. The van der Waals surface area contributed by atoms with E-state index in [0.717, 1.165) is 48.7 Å². The van der Waals surface area contributed by atoms with Crippen LogP contribution in [0.5, 0.6) is 0 Å². The van der Waals surface area contributed by atoms with Crippen LogP contribution in [-0.4, -0.2) is 47.6 Å². The van der Waals surface area contributed by atoms with Gasteiger partial charge in [-0.25, -0.2) is 4.98 Å². The fourth-order valence-corrected chi connectivity index (χ4v) is 3.06. The lowest BCUT2D eigenvalue weighted by molar-refractivity contribution is 0.270. The molecule has 0 aliphatic carbocycles. The van der Waals surface area contributed by atoms with Crippen molar-refractivity contribution < 1.29 is 0 Å². The van der Waals surface area contributed by atoms with Gasteiger partial charge in [0.1, 0.15) is 5.82 Å². The second-order valence-corrected chi connectivity index (χ2v) is 6.60. The van der Waals surface area contributed by atoms with Crippen LogP contribution in [0.15, 0.2) is 34.9 Å².